The average molecular weight is 214 g/mol. The highest BCUT2D eigenvalue weighted by atomic mass is 19.3. The molecular formula is C9H12F2N4. The fourth-order valence-electron chi connectivity index (χ4n) is 1.56. The Bertz CT molecular complexity index is 328. The molecule has 1 aliphatic rings. The summed E-state index contributed by atoms with van der Waals surface area (Å²) in [6, 6.07) is 0. The summed E-state index contributed by atoms with van der Waals surface area (Å²) in [7, 11) is 0. The van der Waals surface area contributed by atoms with Crippen molar-refractivity contribution >= 4 is 11.6 Å². The zero-order chi connectivity index (χ0) is 10.9. The van der Waals surface area contributed by atoms with Gasteiger partial charge in [-0.25, -0.2) is 18.7 Å². The van der Waals surface area contributed by atoms with Crippen molar-refractivity contribution in [3.8, 4) is 0 Å². The number of halogens is 2. The monoisotopic (exact) mass is 214 g/mol. The standard InChI is InChI=1S/C9H12F2N4/c10-9(11)1-3-15(4-2-9)8-6-13-7(12)5-14-8/h5-6H,1-4H2,(H2,12,13). The maximum absolute atomic E-state index is 12.9. The highest BCUT2D eigenvalue weighted by Crippen LogP contribution is 2.29. The van der Waals surface area contributed by atoms with Crippen LogP contribution in [0, 0.1) is 0 Å². The number of rotatable bonds is 1. The summed E-state index contributed by atoms with van der Waals surface area (Å²) in [4.78, 5) is 9.72. The second-order valence-electron chi connectivity index (χ2n) is 3.64. The molecule has 0 saturated carbocycles. The van der Waals surface area contributed by atoms with Crippen molar-refractivity contribution in [1.82, 2.24) is 9.97 Å². The van der Waals surface area contributed by atoms with Crippen LogP contribution in [0.3, 0.4) is 0 Å². The van der Waals surface area contributed by atoms with Gasteiger partial charge in [0.05, 0.1) is 12.4 Å². The van der Waals surface area contributed by atoms with E-state index >= 15 is 0 Å². The summed E-state index contributed by atoms with van der Waals surface area (Å²) in [5.74, 6) is -1.58. The van der Waals surface area contributed by atoms with E-state index in [0.29, 0.717) is 24.7 Å². The van der Waals surface area contributed by atoms with Crippen molar-refractivity contribution in [2.45, 2.75) is 18.8 Å². The van der Waals surface area contributed by atoms with Crippen LogP contribution in [0.5, 0.6) is 0 Å². The number of hydrogen-bond donors (Lipinski definition) is 1. The molecule has 2 rings (SSSR count). The van der Waals surface area contributed by atoms with E-state index < -0.39 is 5.92 Å². The molecule has 0 spiro atoms. The van der Waals surface area contributed by atoms with E-state index in [2.05, 4.69) is 9.97 Å². The molecule has 82 valence electrons. The third-order valence-corrected chi connectivity index (χ3v) is 2.48. The molecule has 0 amide bonds. The Balaban J connectivity index is 2.04. The molecule has 0 aromatic carbocycles. The van der Waals surface area contributed by atoms with Gasteiger partial charge in [-0.05, 0) is 0 Å². The lowest BCUT2D eigenvalue weighted by Crippen LogP contribution is -2.39. The van der Waals surface area contributed by atoms with Crippen LogP contribution >= 0.6 is 0 Å². The first kappa shape index (κ1) is 10.1. The lowest BCUT2D eigenvalue weighted by molar-refractivity contribution is -0.0221. The maximum Gasteiger partial charge on any atom is 0.251 e. The van der Waals surface area contributed by atoms with E-state index in [1.165, 1.54) is 12.4 Å². The van der Waals surface area contributed by atoms with Crippen molar-refractivity contribution in [1.29, 1.82) is 0 Å². The third kappa shape index (κ3) is 2.31. The number of aromatic nitrogens is 2. The first-order chi connectivity index (χ1) is 7.07. The molecule has 6 heteroatoms. The van der Waals surface area contributed by atoms with Crippen LogP contribution in [0.25, 0.3) is 0 Å². The molecule has 1 aromatic heterocycles. The SMILES string of the molecule is Nc1cnc(N2CCC(F)(F)CC2)cn1. The molecular weight excluding hydrogens is 202 g/mol. The summed E-state index contributed by atoms with van der Waals surface area (Å²) in [6.07, 6.45) is 2.69. The zero-order valence-corrected chi connectivity index (χ0v) is 8.16. The quantitative estimate of drug-likeness (QED) is 0.765. The second-order valence-corrected chi connectivity index (χ2v) is 3.64. The number of piperidine rings is 1. The number of alkyl halides is 2. The van der Waals surface area contributed by atoms with Crippen molar-refractivity contribution in [2.24, 2.45) is 0 Å². The lowest BCUT2D eigenvalue weighted by Gasteiger charge is -2.32. The predicted octanol–water partition coefficient (Wildman–Crippen LogP) is 1.29. The van der Waals surface area contributed by atoms with Gasteiger partial charge < -0.3 is 10.6 Å². The van der Waals surface area contributed by atoms with Gasteiger partial charge in [0.15, 0.2) is 0 Å². The number of anilines is 2. The molecule has 0 atom stereocenters. The summed E-state index contributed by atoms with van der Waals surface area (Å²) in [6.45, 7) is 0.622. The fraction of sp³-hybridized carbons (Fsp3) is 0.556. The smallest absolute Gasteiger partial charge is 0.251 e. The second kappa shape index (κ2) is 3.60. The van der Waals surface area contributed by atoms with Gasteiger partial charge in [0.1, 0.15) is 11.6 Å². The van der Waals surface area contributed by atoms with Crippen LogP contribution in [0.15, 0.2) is 12.4 Å². The zero-order valence-electron chi connectivity index (χ0n) is 8.16. The van der Waals surface area contributed by atoms with Crippen LogP contribution in [0.1, 0.15) is 12.8 Å². The average Bonchev–Trinajstić information content (AvgIpc) is 2.20. The molecule has 0 aliphatic carbocycles. The first-order valence-electron chi connectivity index (χ1n) is 4.77. The molecule has 2 heterocycles. The molecule has 1 saturated heterocycles. The Labute approximate surface area is 86.1 Å². The first-order valence-corrected chi connectivity index (χ1v) is 4.77. The van der Waals surface area contributed by atoms with Crippen LogP contribution in [-0.4, -0.2) is 29.0 Å². The van der Waals surface area contributed by atoms with Crippen molar-refractivity contribution in [3.05, 3.63) is 12.4 Å². The topological polar surface area (TPSA) is 55.0 Å². The Kier molecular flexibility index (Phi) is 2.42. The summed E-state index contributed by atoms with van der Waals surface area (Å²) >= 11 is 0. The van der Waals surface area contributed by atoms with Crippen LogP contribution < -0.4 is 10.6 Å². The molecule has 1 aromatic rings. The van der Waals surface area contributed by atoms with Gasteiger partial charge in [-0.15, -0.1) is 0 Å². The molecule has 0 radical (unpaired) electrons. The van der Waals surface area contributed by atoms with Crippen LogP contribution in [0.4, 0.5) is 20.4 Å². The third-order valence-electron chi connectivity index (χ3n) is 2.48. The minimum Gasteiger partial charge on any atom is -0.382 e. The van der Waals surface area contributed by atoms with E-state index in [9.17, 15) is 8.78 Å². The highest BCUT2D eigenvalue weighted by Gasteiger charge is 2.34. The Morgan fingerprint density at radius 3 is 2.40 bits per heavy atom. The van der Waals surface area contributed by atoms with E-state index in [0.717, 1.165) is 0 Å². The van der Waals surface area contributed by atoms with Gasteiger partial charge in [-0.3, -0.25) is 0 Å². The fourth-order valence-corrected chi connectivity index (χ4v) is 1.56. The van der Waals surface area contributed by atoms with E-state index in [1.807, 2.05) is 0 Å². The van der Waals surface area contributed by atoms with Gasteiger partial charge in [0.25, 0.3) is 5.92 Å². The van der Waals surface area contributed by atoms with Gasteiger partial charge in [-0.1, -0.05) is 0 Å². The maximum atomic E-state index is 12.9. The van der Waals surface area contributed by atoms with Gasteiger partial charge in [0, 0.05) is 25.9 Å². The number of nitrogen functional groups attached to an aromatic ring is 1. The summed E-state index contributed by atoms with van der Waals surface area (Å²) in [5, 5.41) is 0. The molecule has 1 fully saturated rings. The molecule has 15 heavy (non-hydrogen) atoms. The number of nitrogens with two attached hydrogens (primary N) is 1. The molecule has 4 nitrogen and oxygen atoms in total. The summed E-state index contributed by atoms with van der Waals surface area (Å²) < 4.78 is 25.7. The van der Waals surface area contributed by atoms with Gasteiger partial charge in [0.2, 0.25) is 0 Å². The van der Waals surface area contributed by atoms with Crippen LogP contribution in [0.2, 0.25) is 0 Å². The summed E-state index contributed by atoms with van der Waals surface area (Å²) in [5.41, 5.74) is 5.39. The van der Waals surface area contributed by atoms with E-state index in [1.54, 1.807) is 4.90 Å². The van der Waals surface area contributed by atoms with Gasteiger partial charge in [-0.2, -0.15) is 0 Å². The highest BCUT2D eigenvalue weighted by molar-refractivity contribution is 5.39. The Hall–Kier alpha value is -1.46. The molecule has 0 unspecified atom stereocenters. The minimum atomic E-state index is -2.53. The van der Waals surface area contributed by atoms with Crippen molar-refractivity contribution < 1.29 is 8.78 Å². The normalized spacial score (nSPS) is 20.3. The minimum absolute atomic E-state index is 0.126. The van der Waals surface area contributed by atoms with E-state index in [-0.39, 0.29) is 12.8 Å². The van der Waals surface area contributed by atoms with Crippen molar-refractivity contribution in [2.75, 3.05) is 23.7 Å². The Morgan fingerprint density at radius 1 is 1.20 bits per heavy atom. The molecule has 1 aliphatic heterocycles. The van der Waals surface area contributed by atoms with Crippen molar-refractivity contribution in [3.63, 3.8) is 0 Å². The Morgan fingerprint density at radius 2 is 1.87 bits per heavy atom. The largest absolute Gasteiger partial charge is 0.382 e. The van der Waals surface area contributed by atoms with Crippen LogP contribution in [-0.2, 0) is 0 Å². The van der Waals surface area contributed by atoms with Gasteiger partial charge >= 0.3 is 0 Å². The number of nitrogens with zero attached hydrogens (tertiary/aromatic N) is 3. The molecule has 0 bridgehead atoms. The number of hydrogen-bond acceptors (Lipinski definition) is 4. The lowest BCUT2D eigenvalue weighted by atomic mass is 10.1. The van der Waals surface area contributed by atoms with E-state index in [4.69, 9.17) is 5.73 Å². The predicted molar refractivity (Wildman–Crippen MR) is 52.8 cm³/mol. The molecule has 2 N–H and O–H groups in total.